The standard InChI is InChI=1S/C23H22ClN3O6/c1-3-32-22(30)19-13(2)25-23(31)27-18(19)12-33-21(29)16-6-4-5-7-17(16)26-20(28)14-8-10-15(24)11-9-14/h4-11,13H,3,12H2,1-2H3,(H,26,28)(H2,25,27,31). The summed E-state index contributed by atoms with van der Waals surface area (Å²) in [5.74, 6) is -1.81. The van der Waals surface area contributed by atoms with Gasteiger partial charge in [0.15, 0.2) is 0 Å². The normalized spacial score (nSPS) is 15.2. The zero-order valence-corrected chi connectivity index (χ0v) is 18.7. The highest BCUT2D eigenvalue weighted by Gasteiger charge is 2.30. The number of urea groups is 1. The zero-order valence-electron chi connectivity index (χ0n) is 17.9. The first kappa shape index (κ1) is 23.8. The second-order valence-corrected chi connectivity index (χ2v) is 7.45. The number of ether oxygens (including phenoxy) is 2. The molecule has 1 heterocycles. The van der Waals surface area contributed by atoms with Crippen molar-refractivity contribution < 1.29 is 28.7 Å². The number of hydrogen-bond acceptors (Lipinski definition) is 6. The lowest BCUT2D eigenvalue weighted by atomic mass is 10.0. The van der Waals surface area contributed by atoms with Crippen LogP contribution in [0.3, 0.4) is 0 Å². The molecule has 9 nitrogen and oxygen atoms in total. The molecule has 0 saturated heterocycles. The first-order chi connectivity index (χ1) is 15.8. The molecule has 3 amide bonds. The number of carbonyl (C=O) groups is 4. The number of nitrogens with one attached hydrogen (secondary N) is 3. The van der Waals surface area contributed by atoms with E-state index in [2.05, 4.69) is 16.0 Å². The molecule has 10 heteroatoms. The summed E-state index contributed by atoms with van der Waals surface area (Å²) in [5.41, 5.74) is 0.990. The van der Waals surface area contributed by atoms with E-state index in [-0.39, 0.29) is 35.7 Å². The highest BCUT2D eigenvalue weighted by atomic mass is 35.5. The van der Waals surface area contributed by atoms with E-state index in [1.165, 1.54) is 6.07 Å². The van der Waals surface area contributed by atoms with Crippen molar-refractivity contribution in [2.75, 3.05) is 18.5 Å². The number of hydrogen-bond donors (Lipinski definition) is 3. The Balaban J connectivity index is 1.77. The van der Waals surface area contributed by atoms with Gasteiger partial charge < -0.3 is 25.4 Å². The van der Waals surface area contributed by atoms with Crippen molar-refractivity contribution in [3.05, 3.63) is 76.0 Å². The van der Waals surface area contributed by atoms with E-state index >= 15 is 0 Å². The van der Waals surface area contributed by atoms with Crippen molar-refractivity contribution in [2.24, 2.45) is 0 Å². The van der Waals surface area contributed by atoms with E-state index in [4.69, 9.17) is 21.1 Å². The zero-order chi connectivity index (χ0) is 24.0. The maximum atomic E-state index is 12.8. The molecule has 0 aliphatic carbocycles. The number of para-hydroxylation sites is 1. The largest absolute Gasteiger partial charge is 0.463 e. The first-order valence-corrected chi connectivity index (χ1v) is 10.5. The van der Waals surface area contributed by atoms with E-state index in [1.54, 1.807) is 56.3 Å². The third-order valence-corrected chi connectivity index (χ3v) is 4.97. The highest BCUT2D eigenvalue weighted by Crippen LogP contribution is 2.20. The van der Waals surface area contributed by atoms with Crippen LogP contribution in [0.1, 0.15) is 34.6 Å². The van der Waals surface area contributed by atoms with Crippen molar-refractivity contribution in [3.8, 4) is 0 Å². The summed E-state index contributed by atoms with van der Waals surface area (Å²) in [7, 11) is 0. The Bertz CT molecular complexity index is 1110. The van der Waals surface area contributed by atoms with Crippen LogP contribution < -0.4 is 16.0 Å². The first-order valence-electron chi connectivity index (χ1n) is 10.1. The lowest BCUT2D eigenvalue weighted by Crippen LogP contribution is -2.50. The van der Waals surface area contributed by atoms with Crippen LogP contribution in [0, 0.1) is 0 Å². The van der Waals surface area contributed by atoms with Crippen LogP contribution in [-0.4, -0.2) is 43.1 Å². The highest BCUT2D eigenvalue weighted by molar-refractivity contribution is 6.30. The van der Waals surface area contributed by atoms with Gasteiger partial charge in [0.2, 0.25) is 0 Å². The Morgan fingerprint density at radius 1 is 1.03 bits per heavy atom. The molecule has 0 aromatic heterocycles. The smallest absolute Gasteiger partial charge is 0.340 e. The second-order valence-electron chi connectivity index (χ2n) is 7.02. The molecule has 3 rings (SSSR count). The van der Waals surface area contributed by atoms with Crippen LogP contribution in [0.5, 0.6) is 0 Å². The molecule has 2 aromatic carbocycles. The molecule has 1 atom stereocenters. The van der Waals surface area contributed by atoms with E-state index in [9.17, 15) is 19.2 Å². The van der Waals surface area contributed by atoms with Gasteiger partial charge in [-0.25, -0.2) is 14.4 Å². The third kappa shape index (κ3) is 5.89. The number of carbonyl (C=O) groups excluding carboxylic acids is 4. The molecule has 0 saturated carbocycles. The van der Waals surface area contributed by atoms with Crippen molar-refractivity contribution in [2.45, 2.75) is 19.9 Å². The number of halogens is 1. The maximum absolute atomic E-state index is 12.8. The summed E-state index contributed by atoms with van der Waals surface area (Å²) < 4.78 is 10.4. The lowest BCUT2D eigenvalue weighted by molar-refractivity contribution is -0.139. The second kappa shape index (κ2) is 10.6. The van der Waals surface area contributed by atoms with Gasteiger partial charge in [-0.2, -0.15) is 0 Å². The van der Waals surface area contributed by atoms with E-state index in [0.29, 0.717) is 10.6 Å². The summed E-state index contributed by atoms with van der Waals surface area (Å²) in [5, 5.41) is 8.22. The van der Waals surface area contributed by atoms with E-state index in [0.717, 1.165) is 0 Å². The fraction of sp³-hybridized carbons (Fsp3) is 0.217. The number of benzene rings is 2. The third-order valence-electron chi connectivity index (χ3n) is 4.71. The minimum Gasteiger partial charge on any atom is -0.463 e. The van der Waals surface area contributed by atoms with Gasteiger partial charge in [0, 0.05) is 10.6 Å². The van der Waals surface area contributed by atoms with E-state index < -0.39 is 29.9 Å². The van der Waals surface area contributed by atoms with Crippen molar-refractivity contribution >= 4 is 41.2 Å². The fourth-order valence-corrected chi connectivity index (χ4v) is 3.30. The van der Waals surface area contributed by atoms with E-state index in [1.807, 2.05) is 0 Å². The quantitative estimate of drug-likeness (QED) is 0.532. The van der Waals surface area contributed by atoms with Crippen molar-refractivity contribution in [1.82, 2.24) is 10.6 Å². The van der Waals surface area contributed by atoms with Gasteiger partial charge in [0.1, 0.15) is 6.61 Å². The molecule has 2 aromatic rings. The minimum absolute atomic E-state index is 0.103. The van der Waals surface area contributed by atoms with Crippen LogP contribution in [0.25, 0.3) is 0 Å². The van der Waals surface area contributed by atoms with Gasteiger partial charge in [0.25, 0.3) is 5.91 Å². The van der Waals surface area contributed by atoms with Gasteiger partial charge in [-0.05, 0) is 50.2 Å². The van der Waals surface area contributed by atoms with Gasteiger partial charge in [-0.1, -0.05) is 23.7 Å². The average Bonchev–Trinajstić information content (AvgIpc) is 2.78. The Labute approximate surface area is 195 Å². The van der Waals surface area contributed by atoms with Crippen LogP contribution in [0.2, 0.25) is 5.02 Å². The molecule has 1 aliphatic rings. The minimum atomic E-state index is -0.752. The topological polar surface area (TPSA) is 123 Å². The van der Waals surface area contributed by atoms with Crippen LogP contribution in [0.4, 0.5) is 10.5 Å². The fourth-order valence-electron chi connectivity index (χ4n) is 3.17. The SMILES string of the molecule is CCOC(=O)C1=C(COC(=O)c2ccccc2NC(=O)c2ccc(Cl)cc2)NC(=O)NC1C. The van der Waals surface area contributed by atoms with Gasteiger partial charge in [-0.15, -0.1) is 0 Å². The monoisotopic (exact) mass is 471 g/mol. The Morgan fingerprint density at radius 2 is 1.73 bits per heavy atom. The Kier molecular flexibility index (Phi) is 7.68. The number of amides is 3. The van der Waals surface area contributed by atoms with Crippen LogP contribution in [0.15, 0.2) is 59.8 Å². The Morgan fingerprint density at radius 3 is 2.42 bits per heavy atom. The molecule has 33 heavy (non-hydrogen) atoms. The molecule has 1 aliphatic heterocycles. The molecule has 3 N–H and O–H groups in total. The Hall–Kier alpha value is -3.85. The van der Waals surface area contributed by atoms with Crippen molar-refractivity contribution in [3.63, 3.8) is 0 Å². The van der Waals surface area contributed by atoms with Gasteiger partial charge in [-0.3, -0.25) is 4.79 Å². The molecular weight excluding hydrogens is 450 g/mol. The number of anilines is 1. The van der Waals surface area contributed by atoms with Gasteiger partial charge >= 0.3 is 18.0 Å². The molecule has 0 spiro atoms. The molecule has 0 radical (unpaired) electrons. The predicted octanol–water partition coefficient (Wildman–Crippen LogP) is 3.27. The summed E-state index contributed by atoms with van der Waals surface area (Å²) in [4.78, 5) is 49.5. The summed E-state index contributed by atoms with van der Waals surface area (Å²) in [6.07, 6.45) is 0. The molecule has 0 fully saturated rings. The summed E-state index contributed by atoms with van der Waals surface area (Å²) >= 11 is 5.85. The molecule has 1 unspecified atom stereocenters. The molecule has 0 bridgehead atoms. The predicted molar refractivity (Wildman–Crippen MR) is 121 cm³/mol. The van der Waals surface area contributed by atoms with Crippen LogP contribution in [-0.2, 0) is 14.3 Å². The van der Waals surface area contributed by atoms with Gasteiger partial charge in [0.05, 0.1) is 35.2 Å². The average molecular weight is 472 g/mol. The van der Waals surface area contributed by atoms with Crippen LogP contribution >= 0.6 is 11.6 Å². The summed E-state index contributed by atoms with van der Waals surface area (Å²) in [6.45, 7) is 3.06. The molecule has 172 valence electrons. The number of esters is 2. The molecular formula is C23H22ClN3O6. The summed E-state index contributed by atoms with van der Waals surface area (Å²) in [6, 6.07) is 11.4. The maximum Gasteiger partial charge on any atom is 0.340 e. The number of rotatable bonds is 7. The van der Waals surface area contributed by atoms with Crippen molar-refractivity contribution in [1.29, 1.82) is 0 Å². The lowest BCUT2D eigenvalue weighted by Gasteiger charge is -2.26.